The number of benzene rings is 1. The van der Waals surface area contributed by atoms with Crippen LogP contribution >= 0.6 is 15.9 Å². The van der Waals surface area contributed by atoms with Crippen molar-refractivity contribution >= 4 is 25.7 Å². The molecule has 0 heterocycles. The van der Waals surface area contributed by atoms with Crippen LogP contribution in [0.15, 0.2) is 27.6 Å². The van der Waals surface area contributed by atoms with Crippen molar-refractivity contribution in [1.82, 2.24) is 0 Å². The van der Waals surface area contributed by atoms with E-state index in [9.17, 15) is 8.60 Å². The molecule has 1 fully saturated rings. The molecule has 88 valence electrons. The third-order valence-corrected chi connectivity index (χ3v) is 5.99. The SMILES string of the molecule is N=S(=O)(c1ccc(F)c(Br)c1)C1CCCC1. The average molecular weight is 306 g/mol. The predicted molar refractivity (Wildman–Crippen MR) is 65.5 cm³/mol. The largest absolute Gasteiger partial charge is 0.249 e. The molecule has 5 heteroatoms. The second kappa shape index (κ2) is 4.45. The summed E-state index contributed by atoms with van der Waals surface area (Å²) in [5.41, 5.74) is 0. The zero-order chi connectivity index (χ0) is 11.8. The minimum atomic E-state index is -2.77. The van der Waals surface area contributed by atoms with Crippen molar-refractivity contribution < 1.29 is 8.60 Å². The van der Waals surface area contributed by atoms with E-state index in [1.54, 1.807) is 0 Å². The van der Waals surface area contributed by atoms with Crippen molar-refractivity contribution in [3.63, 3.8) is 0 Å². The molecule has 0 aromatic heterocycles. The van der Waals surface area contributed by atoms with Crippen LogP contribution in [0.3, 0.4) is 0 Å². The highest BCUT2D eigenvalue weighted by molar-refractivity contribution is 9.10. The zero-order valence-corrected chi connectivity index (χ0v) is 11.1. The van der Waals surface area contributed by atoms with E-state index in [1.807, 2.05) is 0 Å². The van der Waals surface area contributed by atoms with E-state index in [-0.39, 0.29) is 15.5 Å². The van der Waals surface area contributed by atoms with Crippen LogP contribution < -0.4 is 0 Å². The third-order valence-electron chi connectivity index (χ3n) is 3.01. The van der Waals surface area contributed by atoms with Gasteiger partial charge in [0.25, 0.3) is 0 Å². The maximum atomic E-state index is 13.1. The van der Waals surface area contributed by atoms with Crippen molar-refractivity contribution in [3.8, 4) is 0 Å². The van der Waals surface area contributed by atoms with Crippen LogP contribution in [0.1, 0.15) is 25.7 Å². The summed E-state index contributed by atoms with van der Waals surface area (Å²) in [5, 5.41) is -0.0649. The van der Waals surface area contributed by atoms with Crippen molar-refractivity contribution in [1.29, 1.82) is 4.78 Å². The number of halogens is 2. The Labute approximate surface area is 103 Å². The lowest BCUT2D eigenvalue weighted by molar-refractivity contribution is 0.618. The highest BCUT2D eigenvalue weighted by Gasteiger charge is 2.27. The Kier molecular flexibility index (Phi) is 3.35. The molecular weight excluding hydrogens is 293 g/mol. The lowest BCUT2D eigenvalue weighted by Crippen LogP contribution is -2.16. The summed E-state index contributed by atoms with van der Waals surface area (Å²) in [6.45, 7) is 0. The topological polar surface area (TPSA) is 40.9 Å². The monoisotopic (exact) mass is 305 g/mol. The normalized spacial score (nSPS) is 20.9. The van der Waals surface area contributed by atoms with Gasteiger partial charge in [-0.3, -0.25) is 0 Å². The van der Waals surface area contributed by atoms with Gasteiger partial charge in [0.1, 0.15) is 5.82 Å². The number of rotatable bonds is 2. The molecule has 1 aliphatic rings. The maximum absolute atomic E-state index is 13.1. The van der Waals surface area contributed by atoms with Crippen LogP contribution in [0.2, 0.25) is 0 Å². The fourth-order valence-electron chi connectivity index (χ4n) is 2.08. The van der Waals surface area contributed by atoms with Gasteiger partial charge in [-0.25, -0.2) is 13.4 Å². The average Bonchev–Trinajstić information content (AvgIpc) is 2.75. The molecule has 1 N–H and O–H groups in total. The zero-order valence-electron chi connectivity index (χ0n) is 8.71. The Morgan fingerprint density at radius 3 is 2.56 bits per heavy atom. The van der Waals surface area contributed by atoms with E-state index in [2.05, 4.69) is 15.9 Å². The standard InChI is InChI=1S/C11H13BrFNOS/c12-10-7-9(5-6-11(10)13)16(14,15)8-3-1-2-4-8/h5-8,14H,1-4H2. The second-order valence-electron chi connectivity index (χ2n) is 4.08. The molecule has 0 radical (unpaired) electrons. The van der Waals surface area contributed by atoms with E-state index in [0.717, 1.165) is 25.7 Å². The van der Waals surface area contributed by atoms with Gasteiger partial charge in [-0.2, -0.15) is 0 Å². The van der Waals surface area contributed by atoms with Crippen LogP contribution in [0.5, 0.6) is 0 Å². The Morgan fingerprint density at radius 1 is 1.38 bits per heavy atom. The first-order valence-electron chi connectivity index (χ1n) is 5.24. The predicted octanol–water partition coefficient (Wildman–Crippen LogP) is 3.94. The Bertz CT molecular complexity index is 495. The van der Waals surface area contributed by atoms with E-state index in [1.165, 1.54) is 18.2 Å². The summed E-state index contributed by atoms with van der Waals surface area (Å²) < 4.78 is 33.7. The smallest absolute Gasteiger partial charge is 0.137 e. The first-order chi connectivity index (χ1) is 7.51. The highest BCUT2D eigenvalue weighted by Crippen LogP contribution is 2.31. The summed E-state index contributed by atoms with van der Waals surface area (Å²) in [6, 6.07) is 4.21. The molecule has 0 spiro atoms. The Hall–Kier alpha value is -0.420. The molecule has 1 aromatic carbocycles. The van der Waals surface area contributed by atoms with Gasteiger partial charge in [-0.1, -0.05) is 12.8 Å². The molecule has 1 unspecified atom stereocenters. The summed E-state index contributed by atoms with van der Waals surface area (Å²) in [4.78, 5) is 0.438. The molecule has 1 aliphatic carbocycles. The van der Waals surface area contributed by atoms with Gasteiger partial charge in [0.15, 0.2) is 0 Å². The molecule has 1 saturated carbocycles. The van der Waals surface area contributed by atoms with Gasteiger partial charge < -0.3 is 0 Å². The van der Waals surface area contributed by atoms with Crippen molar-refractivity contribution in [2.24, 2.45) is 0 Å². The van der Waals surface area contributed by atoms with Gasteiger partial charge in [0.2, 0.25) is 0 Å². The Morgan fingerprint density at radius 2 is 2.00 bits per heavy atom. The van der Waals surface area contributed by atoms with Crippen molar-refractivity contribution in [2.75, 3.05) is 0 Å². The summed E-state index contributed by atoms with van der Waals surface area (Å²) >= 11 is 3.06. The second-order valence-corrected chi connectivity index (χ2v) is 7.28. The van der Waals surface area contributed by atoms with Gasteiger partial charge in [-0.15, -0.1) is 0 Å². The molecule has 0 saturated heterocycles. The molecular formula is C11H13BrFNOS. The summed E-state index contributed by atoms with van der Waals surface area (Å²) in [7, 11) is -2.77. The molecule has 2 rings (SSSR count). The van der Waals surface area contributed by atoms with E-state index < -0.39 is 9.73 Å². The van der Waals surface area contributed by atoms with Gasteiger partial charge in [-0.05, 0) is 47.0 Å². The fraction of sp³-hybridized carbons (Fsp3) is 0.455. The number of hydrogen-bond donors (Lipinski definition) is 1. The van der Waals surface area contributed by atoms with Crippen molar-refractivity contribution in [2.45, 2.75) is 35.8 Å². The van der Waals surface area contributed by atoms with E-state index in [0.29, 0.717) is 4.90 Å². The van der Waals surface area contributed by atoms with Crippen LogP contribution in [0.25, 0.3) is 0 Å². The molecule has 1 atom stereocenters. The fourth-order valence-corrected chi connectivity index (χ4v) is 4.55. The maximum Gasteiger partial charge on any atom is 0.137 e. The van der Waals surface area contributed by atoms with Crippen molar-refractivity contribution in [3.05, 3.63) is 28.5 Å². The minimum Gasteiger partial charge on any atom is -0.249 e. The van der Waals surface area contributed by atoms with Gasteiger partial charge >= 0.3 is 0 Å². The van der Waals surface area contributed by atoms with E-state index in [4.69, 9.17) is 4.78 Å². The quantitative estimate of drug-likeness (QED) is 0.883. The highest BCUT2D eigenvalue weighted by atomic mass is 79.9. The van der Waals surface area contributed by atoms with Crippen LogP contribution in [0.4, 0.5) is 4.39 Å². The molecule has 2 nitrogen and oxygen atoms in total. The molecule has 0 bridgehead atoms. The van der Waals surface area contributed by atoms with Gasteiger partial charge in [0, 0.05) is 10.1 Å². The van der Waals surface area contributed by atoms with Crippen LogP contribution in [0, 0.1) is 10.6 Å². The van der Waals surface area contributed by atoms with Crippen LogP contribution in [-0.4, -0.2) is 9.46 Å². The minimum absolute atomic E-state index is 0.0649. The first kappa shape index (κ1) is 12.0. The van der Waals surface area contributed by atoms with Crippen LogP contribution in [-0.2, 0) is 9.73 Å². The molecule has 0 aliphatic heterocycles. The Balaban J connectivity index is 2.39. The van der Waals surface area contributed by atoms with E-state index >= 15 is 0 Å². The first-order valence-corrected chi connectivity index (χ1v) is 7.66. The van der Waals surface area contributed by atoms with Gasteiger partial charge in [0.05, 0.1) is 14.2 Å². The lowest BCUT2D eigenvalue weighted by atomic mass is 10.3. The molecule has 0 amide bonds. The lowest BCUT2D eigenvalue weighted by Gasteiger charge is -2.14. The summed E-state index contributed by atoms with van der Waals surface area (Å²) in [5.74, 6) is -0.384. The number of hydrogen-bond acceptors (Lipinski definition) is 2. The third kappa shape index (κ3) is 2.15. The number of nitrogens with one attached hydrogen (secondary N) is 1. The molecule has 16 heavy (non-hydrogen) atoms. The molecule has 1 aromatic rings. The summed E-state index contributed by atoms with van der Waals surface area (Å²) in [6.07, 6.45) is 3.78.